The average molecular weight is 476 g/mol. The molecule has 0 bridgehead atoms. The Balaban J connectivity index is 1.94. The highest BCUT2D eigenvalue weighted by molar-refractivity contribution is 6.51. The van der Waals surface area contributed by atoms with Crippen LogP contribution in [0.25, 0.3) is 5.76 Å². The van der Waals surface area contributed by atoms with Crippen LogP contribution in [-0.2, 0) is 9.59 Å². The second-order valence-corrected chi connectivity index (χ2v) is 8.58. The molecule has 1 heterocycles. The lowest BCUT2D eigenvalue weighted by Gasteiger charge is -2.25. The van der Waals surface area contributed by atoms with E-state index < -0.39 is 23.5 Å². The molecule has 6 nitrogen and oxygen atoms in total. The van der Waals surface area contributed by atoms with Crippen molar-refractivity contribution in [3.05, 3.63) is 94.8 Å². The molecule has 1 amide bonds. The van der Waals surface area contributed by atoms with Crippen LogP contribution in [0, 0.1) is 5.82 Å². The zero-order valence-corrected chi connectivity index (χ0v) is 19.7. The Morgan fingerprint density at radius 2 is 1.80 bits per heavy atom. The first-order valence-electron chi connectivity index (χ1n) is 11.4. The monoisotopic (exact) mass is 475 g/mol. The molecule has 1 atom stereocenters. The number of halogens is 1. The maximum absolute atomic E-state index is 14.0. The van der Waals surface area contributed by atoms with E-state index in [9.17, 15) is 24.2 Å². The van der Waals surface area contributed by atoms with Crippen LogP contribution in [0.1, 0.15) is 49.4 Å². The van der Waals surface area contributed by atoms with E-state index in [2.05, 4.69) is 0 Å². The molecule has 0 saturated carbocycles. The Kier molecular flexibility index (Phi) is 6.60. The van der Waals surface area contributed by atoms with E-state index in [1.165, 1.54) is 30.3 Å². The van der Waals surface area contributed by atoms with Crippen LogP contribution in [0.5, 0.6) is 11.5 Å². The number of phenolic OH excluding ortho intramolecular Hbond substituents is 1. The highest BCUT2D eigenvalue weighted by Gasteiger charge is 2.47. The van der Waals surface area contributed by atoms with E-state index in [-0.39, 0.29) is 28.7 Å². The third kappa shape index (κ3) is 4.49. The summed E-state index contributed by atoms with van der Waals surface area (Å²) in [6.45, 7) is 6.32. The minimum absolute atomic E-state index is 0.0703. The number of ketones is 1. The smallest absolute Gasteiger partial charge is 0.300 e. The van der Waals surface area contributed by atoms with Crippen molar-refractivity contribution in [2.75, 3.05) is 11.5 Å². The van der Waals surface area contributed by atoms with Crippen molar-refractivity contribution in [2.45, 2.75) is 32.7 Å². The van der Waals surface area contributed by atoms with Gasteiger partial charge in [-0.3, -0.25) is 14.5 Å². The number of nitrogens with zero attached hydrogens (tertiary/aromatic N) is 1. The largest absolute Gasteiger partial charge is 0.508 e. The first-order chi connectivity index (χ1) is 16.7. The number of aromatic hydroxyl groups is 1. The number of rotatable bonds is 6. The molecule has 3 aromatic rings. The van der Waals surface area contributed by atoms with Gasteiger partial charge in [0.25, 0.3) is 11.7 Å². The van der Waals surface area contributed by atoms with E-state index in [1.54, 1.807) is 30.3 Å². The fourth-order valence-corrected chi connectivity index (χ4v) is 4.32. The van der Waals surface area contributed by atoms with Gasteiger partial charge in [-0.15, -0.1) is 0 Å². The molecule has 3 aromatic carbocycles. The maximum atomic E-state index is 14.0. The number of hydrogen-bond donors (Lipinski definition) is 2. The van der Waals surface area contributed by atoms with Crippen molar-refractivity contribution in [2.24, 2.45) is 0 Å². The van der Waals surface area contributed by atoms with Gasteiger partial charge in [-0.05, 0) is 72.5 Å². The summed E-state index contributed by atoms with van der Waals surface area (Å²) in [5.41, 5.74) is 1.59. The molecular weight excluding hydrogens is 449 g/mol. The van der Waals surface area contributed by atoms with Gasteiger partial charge in [-0.1, -0.05) is 32.0 Å². The molecule has 7 heteroatoms. The second-order valence-electron chi connectivity index (χ2n) is 8.58. The fraction of sp³-hybridized carbons (Fsp3) is 0.214. The van der Waals surface area contributed by atoms with Crippen molar-refractivity contribution >= 4 is 23.1 Å². The summed E-state index contributed by atoms with van der Waals surface area (Å²) in [6, 6.07) is 15.4. The Labute approximate surface area is 202 Å². The number of carbonyl (C=O) groups is 2. The van der Waals surface area contributed by atoms with Gasteiger partial charge in [0.1, 0.15) is 23.1 Å². The standard InChI is InChI=1S/C28H26FNO5/c1-4-35-23-12-11-18(14-22(23)16(2)3)26(32)24-25(17-7-5-10-21(31)13-17)30(28(34)27(24)33)20-9-6-8-19(29)15-20/h5-16,25,31-32H,4H2,1-3H3/b26-24-. The maximum Gasteiger partial charge on any atom is 0.300 e. The number of ether oxygens (including phenoxy) is 1. The minimum atomic E-state index is -1.07. The molecule has 0 radical (unpaired) electrons. The highest BCUT2D eigenvalue weighted by atomic mass is 19.1. The van der Waals surface area contributed by atoms with Gasteiger partial charge < -0.3 is 14.9 Å². The summed E-state index contributed by atoms with van der Waals surface area (Å²) in [6.07, 6.45) is 0. The minimum Gasteiger partial charge on any atom is -0.508 e. The number of benzene rings is 3. The average Bonchev–Trinajstić information content (AvgIpc) is 3.09. The van der Waals surface area contributed by atoms with Crippen molar-refractivity contribution < 1.29 is 28.9 Å². The van der Waals surface area contributed by atoms with Crippen molar-refractivity contribution in [3.8, 4) is 11.5 Å². The van der Waals surface area contributed by atoms with E-state index in [4.69, 9.17) is 4.74 Å². The summed E-state index contributed by atoms with van der Waals surface area (Å²) in [5.74, 6) is -2.08. The number of amides is 1. The molecule has 2 N–H and O–H groups in total. The number of carbonyl (C=O) groups excluding carboxylic acids is 2. The summed E-state index contributed by atoms with van der Waals surface area (Å²) in [5, 5.41) is 21.4. The third-order valence-corrected chi connectivity index (χ3v) is 5.92. The number of aliphatic hydroxyl groups excluding tert-OH is 1. The SMILES string of the molecule is CCOc1ccc(/C(O)=C2/C(=O)C(=O)N(c3cccc(F)c3)C2c2cccc(O)c2)cc1C(C)C. The van der Waals surface area contributed by atoms with Crippen LogP contribution in [-0.4, -0.2) is 28.5 Å². The van der Waals surface area contributed by atoms with Gasteiger partial charge in [-0.2, -0.15) is 0 Å². The van der Waals surface area contributed by atoms with Crippen LogP contribution in [0.3, 0.4) is 0 Å². The van der Waals surface area contributed by atoms with Gasteiger partial charge in [0, 0.05) is 11.3 Å². The molecule has 4 rings (SSSR count). The molecule has 0 aromatic heterocycles. The van der Waals surface area contributed by atoms with Crippen molar-refractivity contribution in [1.29, 1.82) is 0 Å². The number of phenols is 1. The number of Topliss-reactive ketones (excluding diaryl/α,β-unsaturated/α-hetero) is 1. The zero-order valence-electron chi connectivity index (χ0n) is 19.7. The third-order valence-electron chi connectivity index (χ3n) is 5.92. The molecule has 1 fully saturated rings. The van der Waals surface area contributed by atoms with Crippen LogP contribution in [0.4, 0.5) is 10.1 Å². The predicted octanol–water partition coefficient (Wildman–Crippen LogP) is 5.68. The summed E-state index contributed by atoms with van der Waals surface area (Å²) in [4.78, 5) is 27.6. The molecule has 1 saturated heterocycles. The van der Waals surface area contributed by atoms with E-state index in [1.807, 2.05) is 20.8 Å². The molecule has 0 aliphatic carbocycles. The predicted molar refractivity (Wildman–Crippen MR) is 131 cm³/mol. The first-order valence-corrected chi connectivity index (χ1v) is 11.4. The normalized spacial score (nSPS) is 17.3. The number of aliphatic hydroxyl groups is 1. The lowest BCUT2D eigenvalue weighted by Crippen LogP contribution is -2.29. The number of hydrogen-bond acceptors (Lipinski definition) is 5. The fourth-order valence-electron chi connectivity index (χ4n) is 4.32. The quantitative estimate of drug-likeness (QED) is 0.272. The lowest BCUT2D eigenvalue weighted by atomic mass is 9.93. The van der Waals surface area contributed by atoms with Gasteiger partial charge in [0.15, 0.2) is 0 Å². The Morgan fingerprint density at radius 1 is 1.06 bits per heavy atom. The summed E-state index contributed by atoms with van der Waals surface area (Å²) < 4.78 is 19.7. The topological polar surface area (TPSA) is 87.1 Å². The molecule has 1 aliphatic rings. The Bertz CT molecular complexity index is 1330. The summed E-state index contributed by atoms with van der Waals surface area (Å²) >= 11 is 0. The molecule has 0 spiro atoms. The van der Waals surface area contributed by atoms with Crippen LogP contribution in [0.15, 0.2) is 72.3 Å². The van der Waals surface area contributed by atoms with Gasteiger partial charge in [-0.25, -0.2) is 4.39 Å². The second kappa shape index (κ2) is 9.62. The van der Waals surface area contributed by atoms with Crippen LogP contribution in [0.2, 0.25) is 0 Å². The molecule has 1 aliphatic heterocycles. The van der Waals surface area contributed by atoms with Crippen LogP contribution < -0.4 is 9.64 Å². The van der Waals surface area contributed by atoms with Crippen molar-refractivity contribution in [3.63, 3.8) is 0 Å². The molecule has 35 heavy (non-hydrogen) atoms. The first kappa shape index (κ1) is 24.0. The zero-order chi connectivity index (χ0) is 25.3. The van der Waals surface area contributed by atoms with Crippen LogP contribution >= 0.6 is 0 Å². The van der Waals surface area contributed by atoms with E-state index >= 15 is 0 Å². The Morgan fingerprint density at radius 3 is 2.46 bits per heavy atom. The molecular formula is C28H26FNO5. The number of anilines is 1. The Hall–Kier alpha value is -4.13. The van der Waals surface area contributed by atoms with Gasteiger partial charge >= 0.3 is 0 Å². The van der Waals surface area contributed by atoms with Gasteiger partial charge in [0.2, 0.25) is 0 Å². The van der Waals surface area contributed by atoms with E-state index in [0.717, 1.165) is 16.5 Å². The lowest BCUT2D eigenvalue weighted by molar-refractivity contribution is -0.132. The molecule has 180 valence electrons. The van der Waals surface area contributed by atoms with Gasteiger partial charge in [0.05, 0.1) is 18.2 Å². The highest BCUT2D eigenvalue weighted by Crippen LogP contribution is 2.43. The van der Waals surface area contributed by atoms with Crippen molar-refractivity contribution in [1.82, 2.24) is 0 Å². The van der Waals surface area contributed by atoms with E-state index in [0.29, 0.717) is 23.5 Å². The molecule has 1 unspecified atom stereocenters. The summed E-state index contributed by atoms with van der Waals surface area (Å²) in [7, 11) is 0.